The van der Waals surface area contributed by atoms with E-state index in [4.69, 9.17) is 0 Å². The zero-order valence-electron chi connectivity index (χ0n) is 12.9. The quantitative estimate of drug-likeness (QED) is 0.803. The van der Waals surface area contributed by atoms with Crippen LogP contribution >= 0.6 is 15.9 Å². The average molecular weight is 350 g/mol. The second-order valence-corrected chi connectivity index (χ2v) is 7.21. The molecule has 0 bridgehead atoms. The van der Waals surface area contributed by atoms with Crippen LogP contribution in [-0.4, -0.2) is 7.05 Å². The Balaban J connectivity index is 2.37. The van der Waals surface area contributed by atoms with Crippen molar-refractivity contribution < 1.29 is 4.39 Å². The Bertz CT molecular complexity index is 594. The van der Waals surface area contributed by atoms with Crippen LogP contribution in [0.5, 0.6) is 0 Å². The molecule has 0 saturated carbocycles. The van der Waals surface area contributed by atoms with Gasteiger partial charge in [0.05, 0.1) is 6.04 Å². The van der Waals surface area contributed by atoms with Crippen molar-refractivity contribution in [2.75, 3.05) is 7.05 Å². The molecule has 0 heterocycles. The minimum absolute atomic E-state index is 0.0222. The van der Waals surface area contributed by atoms with Crippen LogP contribution in [0.25, 0.3) is 0 Å². The molecule has 0 saturated heterocycles. The molecule has 1 atom stereocenters. The summed E-state index contributed by atoms with van der Waals surface area (Å²) in [6.45, 7) is 6.59. The molecule has 0 amide bonds. The number of halogens is 2. The second kappa shape index (κ2) is 6.29. The number of hydrogen-bond acceptors (Lipinski definition) is 1. The lowest BCUT2D eigenvalue weighted by atomic mass is 9.86. The zero-order chi connectivity index (χ0) is 15.6. The maximum atomic E-state index is 13.6. The Hall–Kier alpha value is -1.19. The highest BCUT2D eigenvalue weighted by Gasteiger charge is 2.16. The Morgan fingerprint density at radius 1 is 1.00 bits per heavy atom. The van der Waals surface area contributed by atoms with E-state index < -0.39 is 0 Å². The number of benzene rings is 2. The molecule has 2 aromatic rings. The summed E-state index contributed by atoms with van der Waals surface area (Å²) in [7, 11) is 1.89. The maximum absolute atomic E-state index is 13.6. The van der Waals surface area contributed by atoms with Gasteiger partial charge in [-0.25, -0.2) is 4.39 Å². The van der Waals surface area contributed by atoms with Crippen LogP contribution in [-0.2, 0) is 5.41 Å². The number of rotatable bonds is 3. The van der Waals surface area contributed by atoms with Crippen molar-refractivity contribution in [3.05, 3.63) is 69.4 Å². The summed E-state index contributed by atoms with van der Waals surface area (Å²) in [5, 5.41) is 3.26. The van der Waals surface area contributed by atoms with E-state index in [1.165, 1.54) is 11.6 Å². The molecule has 0 fully saturated rings. The highest BCUT2D eigenvalue weighted by atomic mass is 79.9. The van der Waals surface area contributed by atoms with E-state index in [1.54, 1.807) is 6.07 Å². The van der Waals surface area contributed by atoms with E-state index in [2.05, 4.69) is 66.3 Å². The number of hydrogen-bond donors (Lipinski definition) is 1. The largest absolute Gasteiger partial charge is 0.309 e. The van der Waals surface area contributed by atoms with Crippen LogP contribution in [0.15, 0.2) is 46.9 Å². The minimum atomic E-state index is -0.231. The molecule has 0 aromatic heterocycles. The second-order valence-electron chi connectivity index (χ2n) is 6.30. The standard InChI is InChI=1S/C18H21BrFN/c1-18(2,3)14-7-5-12(6-8-14)17(21-4)13-9-15(19)11-16(20)10-13/h5-11,17,21H,1-4H3. The van der Waals surface area contributed by atoms with Gasteiger partial charge in [0.2, 0.25) is 0 Å². The molecule has 2 rings (SSSR count). The molecule has 3 heteroatoms. The molecule has 21 heavy (non-hydrogen) atoms. The molecule has 0 aliphatic heterocycles. The van der Waals surface area contributed by atoms with Gasteiger partial charge in [0, 0.05) is 4.47 Å². The smallest absolute Gasteiger partial charge is 0.124 e. The van der Waals surface area contributed by atoms with Crippen molar-refractivity contribution in [1.29, 1.82) is 0 Å². The van der Waals surface area contributed by atoms with E-state index in [0.717, 1.165) is 15.6 Å². The molecule has 0 aliphatic rings. The lowest BCUT2D eigenvalue weighted by Gasteiger charge is -2.22. The van der Waals surface area contributed by atoms with Crippen molar-refractivity contribution in [2.45, 2.75) is 32.2 Å². The summed E-state index contributed by atoms with van der Waals surface area (Å²) in [4.78, 5) is 0. The van der Waals surface area contributed by atoms with Crippen LogP contribution in [0.1, 0.15) is 43.5 Å². The fourth-order valence-corrected chi connectivity index (χ4v) is 2.93. The third-order valence-corrected chi connectivity index (χ3v) is 4.07. The Labute approximate surface area is 134 Å². The highest BCUT2D eigenvalue weighted by molar-refractivity contribution is 9.10. The first kappa shape index (κ1) is 16.2. The van der Waals surface area contributed by atoms with Gasteiger partial charge >= 0.3 is 0 Å². The summed E-state index contributed by atoms with van der Waals surface area (Å²) < 4.78 is 14.4. The van der Waals surface area contributed by atoms with Crippen molar-refractivity contribution in [1.82, 2.24) is 5.32 Å². The fourth-order valence-electron chi connectivity index (χ4n) is 2.44. The van der Waals surface area contributed by atoms with Crippen molar-refractivity contribution >= 4 is 15.9 Å². The van der Waals surface area contributed by atoms with Gasteiger partial charge in [0.15, 0.2) is 0 Å². The van der Waals surface area contributed by atoms with Gasteiger partial charge in [-0.2, -0.15) is 0 Å². The highest BCUT2D eigenvalue weighted by Crippen LogP contribution is 2.28. The monoisotopic (exact) mass is 349 g/mol. The van der Waals surface area contributed by atoms with Crippen molar-refractivity contribution in [3.63, 3.8) is 0 Å². The normalized spacial score (nSPS) is 13.2. The molecule has 0 radical (unpaired) electrons. The lowest BCUT2D eigenvalue weighted by Crippen LogP contribution is -2.18. The zero-order valence-corrected chi connectivity index (χ0v) is 14.5. The Kier molecular flexibility index (Phi) is 4.84. The van der Waals surface area contributed by atoms with Gasteiger partial charge in [-0.3, -0.25) is 0 Å². The van der Waals surface area contributed by atoms with Crippen LogP contribution in [0.4, 0.5) is 4.39 Å². The van der Waals surface area contributed by atoms with Gasteiger partial charge in [0.25, 0.3) is 0 Å². The van der Waals surface area contributed by atoms with Crippen LogP contribution in [0.2, 0.25) is 0 Å². The van der Waals surface area contributed by atoms with Gasteiger partial charge < -0.3 is 5.32 Å². The average Bonchev–Trinajstić information content (AvgIpc) is 2.38. The van der Waals surface area contributed by atoms with Gasteiger partial charge in [0.1, 0.15) is 5.82 Å². The summed E-state index contributed by atoms with van der Waals surface area (Å²) in [6, 6.07) is 13.5. The summed E-state index contributed by atoms with van der Waals surface area (Å²) in [5.41, 5.74) is 3.47. The molecule has 112 valence electrons. The molecule has 1 N–H and O–H groups in total. The van der Waals surface area contributed by atoms with E-state index in [0.29, 0.717) is 0 Å². The molecule has 0 aliphatic carbocycles. The molecule has 1 nitrogen and oxygen atoms in total. The third-order valence-electron chi connectivity index (χ3n) is 3.62. The lowest BCUT2D eigenvalue weighted by molar-refractivity contribution is 0.588. The minimum Gasteiger partial charge on any atom is -0.309 e. The van der Waals surface area contributed by atoms with Crippen LogP contribution in [0.3, 0.4) is 0 Å². The van der Waals surface area contributed by atoms with Crippen LogP contribution in [0, 0.1) is 5.82 Å². The van der Waals surface area contributed by atoms with Crippen molar-refractivity contribution in [2.24, 2.45) is 0 Å². The predicted molar refractivity (Wildman–Crippen MR) is 90.1 cm³/mol. The first-order chi connectivity index (χ1) is 9.81. The van der Waals surface area contributed by atoms with Gasteiger partial charge in [-0.05, 0) is 47.4 Å². The SMILES string of the molecule is CNC(c1ccc(C(C)(C)C)cc1)c1cc(F)cc(Br)c1. The first-order valence-corrected chi connectivity index (χ1v) is 7.84. The Morgan fingerprint density at radius 3 is 2.10 bits per heavy atom. The fraction of sp³-hybridized carbons (Fsp3) is 0.333. The Morgan fingerprint density at radius 2 is 1.62 bits per heavy atom. The number of nitrogens with one attached hydrogen (secondary N) is 1. The summed E-state index contributed by atoms with van der Waals surface area (Å²) >= 11 is 3.35. The summed E-state index contributed by atoms with van der Waals surface area (Å²) in [6.07, 6.45) is 0. The van der Waals surface area contributed by atoms with Crippen molar-refractivity contribution in [3.8, 4) is 0 Å². The topological polar surface area (TPSA) is 12.0 Å². The van der Waals surface area contributed by atoms with E-state index in [-0.39, 0.29) is 17.3 Å². The predicted octanol–water partition coefficient (Wildman–Crippen LogP) is 5.19. The van der Waals surface area contributed by atoms with E-state index in [1.807, 2.05) is 13.1 Å². The third kappa shape index (κ3) is 3.92. The van der Waals surface area contributed by atoms with Gasteiger partial charge in [-0.1, -0.05) is 61.0 Å². The van der Waals surface area contributed by atoms with Crippen LogP contribution < -0.4 is 5.32 Å². The molecule has 1 unspecified atom stereocenters. The van der Waals surface area contributed by atoms with Gasteiger partial charge in [-0.15, -0.1) is 0 Å². The molecular formula is C18H21BrFN. The molecule has 0 spiro atoms. The first-order valence-electron chi connectivity index (χ1n) is 7.05. The van der Waals surface area contributed by atoms with E-state index >= 15 is 0 Å². The molecule has 2 aromatic carbocycles. The maximum Gasteiger partial charge on any atom is 0.124 e. The van der Waals surface area contributed by atoms with E-state index in [9.17, 15) is 4.39 Å². The molecular weight excluding hydrogens is 329 g/mol. The summed E-state index contributed by atoms with van der Waals surface area (Å²) in [5.74, 6) is -0.231.